The zero-order valence-electron chi connectivity index (χ0n) is 17.8. The van der Waals surface area contributed by atoms with Gasteiger partial charge in [-0.15, -0.1) is 0 Å². The number of ether oxygens (including phenoxy) is 2. The van der Waals surface area contributed by atoms with Crippen LogP contribution < -0.4 is 25.5 Å². The minimum Gasteiger partial charge on any atom is -0.496 e. The van der Waals surface area contributed by atoms with Crippen molar-refractivity contribution in [1.82, 2.24) is 5.43 Å². The molecule has 8 heteroatoms. The molecule has 0 unspecified atom stereocenters. The van der Waals surface area contributed by atoms with Crippen LogP contribution in [0, 0.1) is 0 Å². The van der Waals surface area contributed by atoms with E-state index in [-0.39, 0.29) is 5.91 Å². The number of para-hydroxylation sites is 1. The number of nitrogens with one attached hydrogen (secondary N) is 3. The van der Waals surface area contributed by atoms with E-state index >= 15 is 0 Å². The van der Waals surface area contributed by atoms with Gasteiger partial charge in [0.15, 0.2) is 5.11 Å². The van der Waals surface area contributed by atoms with Gasteiger partial charge >= 0.3 is 0 Å². The topological polar surface area (TPSA) is 84.0 Å². The number of amides is 1. The summed E-state index contributed by atoms with van der Waals surface area (Å²) in [6.45, 7) is 1.78. The van der Waals surface area contributed by atoms with Gasteiger partial charge in [-0.3, -0.25) is 10.2 Å². The number of thiocarbonyl (C=S) groups is 1. The highest BCUT2D eigenvalue weighted by Crippen LogP contribution is 2.23. The smallest absolute Gasteiger partial charge is 0.221 e. The van der Waals surface area contributed by atoms with Crippen LogP contribution >= 0.6 is 12.2 Å². The van der Waals surface area contributed by atoms with E-state index in [1.807, 2.05) is 48.5 Å². The van der Waals surface area contributed by atoms with Gasteiger partial charge in [0.05, 0.1) is 13.3 Å². The van der Waals surface area contributed by atoms with Crippen molar-refractivity contribution in [3.05, 3.63) is 83.9 Å². The van der Waals surface area contributed by atoms with Crippen LogP contribution in [0.25, 0.3) is 0 Å². The van der Waals surface area contributed by atoms with Crippen LogP contribution in [0.2, 0.25) is 0 Å². The first-order valence-corrected chi connectivity index (χ1v) is 10.3. The van der Waals surface area contributed by atoms with E-state index in [0.29, 0.717) is 28.9 Å². The Morgan fingerprint density at radius 2 is 1.72 bits per heavy atom. The molecule has 3 rings (SSSR count). The number of hydrogen-bond donors (Lipinski definition) is 3. The zero-order valence-corrected chi connectivity index (χ0v) is 18.6. The maximum atomic E-state index is 11.1. The van der Waals surface area contributed by atoms with E-state index in [2.05, 4.69) is 21.2 Å². The minimum absolute atomic E-state index is 0.118. The Labute approximate surface area is 192 Å². The van der Waals surface area contributed by atoms with Crippen LogP contribution in [0.5, 0.6) is 11.5 Å². The molecule has 0 fully saturated rings. The summed E-state index contributed by atoms with van der Waals surface area (Å²) >= 11 is 5.25. The second kappa shape index (κ2) is 11.5. The first kappa shape index (κ1) is 22.8. The molecule has 7 nitrogen and oxygen atoms in total. The molecule has 0 aromatic heterocycles. The maximum Gasteiger partial charge on any atom is 0.221 e. The van der Waals surface area contributed by atoms with Crippen molar-refractivity contribution >= 4 is 40.8 Å². The predicted octanol–water partition coefficient (Wildman–Crippen LogP) is 4.55. The van der Waals surface area contributed by atoms with Gasteiger partial charge in [0.25, 0.3) is 0 Å². The molecule has 0 bridgehead atoms. The lowest BCUT2D eigenvalue weighted by atomic mass is 10.1. The molecule has 0 saturated heterocycles. The standard InChI is InChI=1S/C24H24N4O3S/c1-17(29)26-21-9-11-22(12-10-21)31-16-19-14-18(8-13-23(19)30-2)15-25-28-24(32)27-20-6-4-3-5-7-20/h3-15H,16H2,1-2H3,(H,26,29)(H2,27,28,32). The molecule has 0 saturated carbocycles. The molecule has 0 aliphatic heterocycles. The van der Waals surface area contributed by atoms with Crippen LogP contribution in [0.15, 0.2) is 77.9 Å². The summed E-state index contributed by atoms with van der Waals surface area (Å²) in [6.07, 6.45) is 1.67. The molecule has 0 atom stereocenters. The van der Waals surface area contributed by atoms with Gasteiger partial charge in [0, 0.05) is 23.9 Å². The van der Waals surface area contributed by atoms with Gasteiger partial charge in [-0.1, -0.05) is 18.2 Å². The summed E-state index contributed by atoms with van der Waals surface area (Å²) in [5, 5.41) is 10.4. The monoisotopic (exact) mass is 448 g/mol. The number of benzene rings is 3. The molecular weight excluding hydrogens is 424 g/mol. The Kier molecular flexibility index (Phi) is 8.16. The molecule has 0 spiro atoms. The van der Waals surface area contributed by atoms with Crippen molar-refractivity contribution in [2.45, 2.75) is 13.5 Å². The van der Waals surface area contributed by atoms with Gasteiger partial charge in [-0.05, 0) is 72.4 Å². The van der Waals surface area contributed by atoms with E-state index < -0.39 is 0 Å². The zero-order chi connectivity index (χ0) is 22.8. The first-order chi connectivity index (χ1) is 15.5. The third-order valence-corrected chi connectivity index (χ3v) is 4.48. The summed E-state index contributed by atoms with van der Waals surface area (Å²) in [4.78, 5) is 11.1. The predicted molar refractivity (Wildman–Crippen MR) is 131 cm³/mol. The van der Waals surface area contributed by atoms with Crippen LogP contribution in [0.1, 0.15) is 18.1 Å². The number of methoxy groups -OCH3 is 1. The van der Waals surface area contributed by atoms with E-state index in [1.165, 1.54) is 6.92 Å². The van der Waals surface area contributed by atoms with E-state index in [0.717, 1.165) is 16.8 Å². The first-order valence-electron chi connectivity index (χ1n) is 9.86. The molecule has 1 amide bonds. The summed E-state index contributed by atoms with van der Waals surface area (Å²) in [6, 6.07) is 22.5. The normalized spacial score (nSPS) is 10.4. The van der Waals surface area contributed by atoms with Crippen LogP contribution in [0.3, 0.4) is 0 Å². The molecule has 0 radical (unpaired) electrons. The Morgan fingerprint density at radius 1 is 1.00 bits per heavy atom. The Balaban J connectivity index is 1.59. The summed E-state index contributed by atoms with van der Waals surface area (Å²) in [5.41, 5.74) is 6.13. The Hall–Kier alpha value is -3.91. The van der Waals surface area contributed by atoms with Crippen LogP contribution in [-0.4, -0.2) is 24.3 Å². The van der Waals surface area contributed by atoms with E-state index in [9.17, 15) is 4.79 Å². The highest BCUT2D eigenvalue weighted by molar-refractivity contribution is 7.80. The minimum atomic E-state index is -0.118. The van der Waals surface area contributed by atoms with Crippen molar-refractivity contribution in [1.29, 1.82) is 0 Å². The largest absolute Gasteiger partial charge is 0.496 e. The number of hydrazone groups is 1. The summed E-state index contributed by atoms with van der Waals surface area (Å²) in [7, 11) is 1.62. The fraction of sp³-hybridized carbons (Fsp3) is 0.125. The van der Waals surface area contributed by atoms with E-state index in [1.54, 1.807) is 37.6 Å². The summed E-state index contributed by atoms with van der Waals surface area (Å²) < 4.78 is 11.3. The number of carbonyl (C=O) groups is 1. The molecule has 0 heterocycles. The molecule has 0 aliphatic rings. The number of nitrogens with zero attached hydrogens (tertiary/aromatic N) is 1. The lowest BCUT2D eigenvalue weighted by molar-refractivity contribution is -0.114. The SMILES string of the molecule is COc1ccc(C=NNC(=S)Nc2ccccc2)cc1COc1ccc(NC(C)=O)cc1. The third kappa shape index (κ3) is 7.10. The van der Waals surface area contributed by atoms with Gasteiger partial charge < -0.3 is 20.1 Å². The van der Waals surface area contributed by atoms with Gasteiger partial charge in [0.1, 0.15) is 18.1 Å². The molecule has 32 heavy (non-hydrogen) atoms. The molecular formula is C24H24N4O3S. The average molecular weight is 449 g/mol. The van der Waals surface area contributed by atoms with Crippen molar-refractivity contribution in [3.63, 3.8) is 0 Å². The number of rotatable bonds is 8. The third-order valence-electron chi connectivity index (χ3n) is 4.28. The molecule has 3 aromatic rings. The summed E-state index contributed by atoms with van der Waals surface area (Å²) in [5.74, 6) is 1.28. The second-order valence-corrected chi connectivity index (χ2v) is 7.16. The molecule has 164 valence electrons. The fourth-order valence-electron chi connectivity index (χ4n) is 2.84. The van der Waals surface area contributed by atoms with Crippen LogP contribution in [0.4, 0.5) is 11.4 Å². The van der Waals surface area contributed by atoms with Crippen molar-refractivity contribution in [3.8, 4) is 11.5 Å². The van der Waals surface area contributed by atoms with Gasteiger partial charge in [0.2, 0.25) is 5.91 Å². The maximum absolute atomic E-state index is 11.1. The molecule has 3 N–H and O–H groups in total. The number of hydrogen-bond acceptors (Lipinski definition) is 5. The van der Waals surface area contributed by atoms with Crippen molar-refractivity contribution < 1.29 is 14.3 Å². The molecule has 3 aromatic carbocycles. The van der Waals surface area contributed by atoms with Gasteiger partial charge in [-0.25, -0.2) is 0 Å². The fourth-order valence-corrected chi connectivity index (χ4v) is 3.01. The van der Waals surface area contributed by atoms with Crippen molar-refractivity contribution in [2.24, 2.45) is 5.10 Å². The second-order valence-electron chi connectivity index (χ2n) is 6.76. The highest BCUT2D eigenvalue weighted by atomic mass is 32.1. The lowest BCUT2D eigenvalue weighted by Gasteiger charge is -2.12. The number of carbonyl (C=O) groups excluding carboxylic acids is 1. The quantitative estimate of drug-likeness (QED) is 0.266. The van der Waals surface area contributed by atoms with Crippen molar-refractivity contribution in [2.75, 3.05) is 17.7 Å². The van der Waals surface area contributed by atoms with E-state index in [4.69, 9.17) is 21.7 Å². The average Bonchev–Trinajstić information content (AvgIpc) is 2.79. The van der Waals surface area contributed by atoms with Gasteiger partial charge in [-0.2, -0.15) is 5.10 Å². The Bertz CT molecular complexity index is 1090. The number of anilines is 2. The van der Waals surface area contributed by atoms with Crippen LogP contribution in [-0.2, 0) is 11.4 Å². The molecule has 0 aliphatic carbocycles. The highest BCUT2D eigenvalue weighted by Gasteiger charge is 2.06. The lowest BCUT2D eigenvalue weighted by Crippen LogP contribution is -2.23. The Morgan fingerprint density at radius 3 is 2.41 bits per heavy atom.